The van der Waals surface area contributed by atoms with Gasteiger partial charge in [0.15, 0.2) is 12.4 Å². The summed E-state index contributed by atoms with van der Waals surface area (Å²) < 4.78 is 23.3. The monoisotopic (exact) mass is 794 g/mol. The lowest BCUT2D eigenvalue weighted by molar-refractivity contribution is -0.327. The van der Waals surface area contributed by atoms with Crippen molar-refractivity contribution in [2.24, 2.45) is 44.8 Å². The Morgan fingerprint density at radius 2 is 1.50 bits per heavy atom. The van der Waals surface area contributed by atoms with E-state index in [0.717, 1.165) is 24.8 Å². The van der Waals surface area contributed by atoms with Gasteiger partial charge in [0.25, 0.3) is 0 Å². The van der Waals surface area contributed by atoms with E-state index in [0.29, 0.717) is 44.9 Å². The molecule has 2 aliphatic heterocycles. The molecule has 15 heteroatoms. The molecule has 6 fully saturated rings. The molecule has 2 saturated heterocycles. The number of carbonyl (C=O) groups excluding carboxylic acids is 1. The summed E-state index contributed by atoms with van der Waals surface area (Å²) in [4.78, 5) is 26.2. The second kappa shape index (κ2) is 14.6. The highest BCUT2D eigenvalue weighted by molar-refractivity contribution is 5.79. The quantitative estimate of drug-likeness (QED) is 0.0987. The maximum absolute atomic E-state index is 14.4. The van der Waals surface area contributed by atoms with Gasteiger partial charge in [-0.25, -0.2) is 4.79 Å². The number of hydrogen-bond donors (Lipinski definition) is 9. The summed E-state index contributed by atoms with van der Waals surface area (Å²) in [5.41, 5.74) is -0.307. The molecule has 0 radical (unpaired) electrons. The second-order valence-electron chi connectivity index (χ2n) is 19.1. The summed E-state index contributed by atoms with van der Waals surface area (Å²) in [5.74, 6) is -2.11. The predicted molar refractivity (Wildman–Crippen MR) is 195 cm³/mol. The van der Waals surface area contributed by atoms with Gasteiger partial charge < -0.3 is 64.9 Å². The van der Waals surface area contributed by atoms with Crippen molar-refractivity contribution in [3.63, 3.8) is 0 Å². The fraction of sp³-hybridized carbons (Fsp3) is 0.854. The van der Waals surface area contributed by atoms with Crippen LogP contribution in [0.15, 0.2) is 23.8 Å². The molecule has 0 bridgehead atoms. The van der Waals surface area contributed by atoms with Gasteiger partial charge in [-0.3, -0.25) is 4.79 Å². The Bertz CT molecular complexity index is 1580. The molecule has 2 unspecified atom stereocenters. The zero-order valence-corrected chi connectivity index (χ0v) is 32.8. The van der Waals surface area contributed by atoms with E-state index in [2.05, 4.69) is 33.4 Å². The first kappa shape index (κ1) is 42.1. The minimum atomic E-state index is -1.84. The zero-order chi connectivity index (χ0) is 40.9. The molecule has 316 valence electrons. The molecule has 0 aromatic carbocycles. The molecule has 0 spiro atoms. The topological polar surface area (TPSA) is 253 Å². The summed E-state index contributed by atoms with van der Waals surface area (Å²) in [7, 11) is 0. The number of hydrogen-bond acceptors (Lipinski definition) is 14. The van der Waals surface area contributed by atoms with Crippen LogP contribution >= 0.6 is 0 Å². The van der Waals surface area contributed by atoms with Crippen LogP contribution in [-0.2, 0) is 28.5 Å². The van der Waals surface area contributed by atoms with Crippen LogP contribution in [0.3, 0.4) is 0 Å². The van der Waals surface area contributed by atoms with E-state index in [1.165, 1.54) is 5.57 Å². The Morgan fingerprint density at radius 3 is 2.16 bits per heavy atom. The average Bonchev–Trinajstić information content (AvgIpc) is 3.16. The normalized spacial score (nSPS) is 53.1. The van der Waals surface area contributed by atoms with Crippen LogP contribution in [0.5, 0.6) is 0 Å². The van der Waals surface area contributed by atoms with Gasteiger partial charge >= 0.3 is 11.9 Å². The summed E-state index contributed by atoms with van der Waals surface area (Å²) in [6.07, 6.45) is -8.27. The van der Waals surface area contributed by atoms with Crippen LogP contribution in [0.25, 0.3) is 0 Å². The Hall–Kier alpha value is -2.02. The van der Waals surface area contributed by atoms with Gasteiger partial charge in [-0.05, 0) is 92.3 Å². The average molecular weight is 795 g/mol. The molecule has 4 saturated carbocycles. The van der Waals surface area contributed by atoms with Crippen LogP contribution in [-0.4, -0.2) is 139 Å². The summed E-state index contributed by atoms with van der Waals surface area (Å²) >= 11 is 0. The highest BCUT2D eigenvalue weighted by Crippen LogP contribution is 2.75. The lowest BCUT2D eigenvalue weighted by Gasteiger charge is -2.71. The number of fused-ring (bicyclic) bond motifs is 7. The number of carbonyl (C=O) groups is 2. The lowest BCUT2D eigenvalue weighted by Crippen LogP contribution is -2.67. The van der Waals surface area contributed by atoms with E-state index in [1.807, 2.05) is 6.92 Å². The maximum atomic E-state index is 14.4. The van der Waals surface area contributed by atoms with Gasteiger partial charge in [0.2, 0.25) is 6.29 Å². The van der Waals surface area contributed by atoms with E-state index >= 15 is 0 Å². The smallest absolute Gasteiger partial charge is 0.335 e. The van der Waals surface area contributed by atoms with Crippen LogP contribution in [0.4, 0.5) is 0 Å². The Kier molecular flexibility index (Phi) is 11.0. The van der Waals surface area contributed by atoms with Gasteiger partial charge in [0.1, 0.15) is 42.7 Å². The number of carboxylic acid groups (broad SMARTS) is 1. The van der Waals surface area contributed by atoms with E-state index in [4.69, 9.17) is 18.9 Å². The molecule has 0 aromatic heterocycles. The van der Waals surface area contributed by atoms with Crippen LogP contribution in [0.2, 0.25) is 0 Å². The van der Waals surface area contributed by atoms with Crippen molar-refractivity contribution in [2.45, 2.75) is 159 Å². The third-order valence-electron chi connectivity index (χ3n) is 16.7. The number of aliphatic hydroxyl groups excluding tert-OH is 8. The molecule has 56 heavy (non-hydrogen) atoms. The predicted octanol–water partition coefficient (Wildman–Crippen LogP) is 0.911. The molecule has 0 aromatic rings. The van der Waals surface area contributed by atoms with Crippen LogP contribution in [0, 0.1) is 44.8 Å². The van der Waals surface area contributed by atoms with Crippen LogP contribution in [0.1, 0.15) is 91.9 Å². The van der Waals surface area contributed by atoms with Gasteiger partial charge in [-0.15, -0.1) is 0 Å². The van der Waals surface area contributed by atoms with Crippen LogP contribution < -0.4 is 0 Å². The molecule has 2 heterocycles. The largest absolute Gasteiger partial charge is 0.479 e. The first-order chi connectivity index (χ1) is 26.2. The van der Waals surface area contributed by atoms with Crippen molar-refractivity contribution in [1.82, 2.24) is 0 Å². The SMILES string of the molecule is C=C1CC[C@]2(C(=O)O[C@@H]3O[C@H](CO)[C@@H](O)[C@H](O)[C@H]3O)CC[C@]3(C)C(=CCC4[C@@]5(C)CC[C@H](O[C@@H]6O[C@H](C(=O)O)[C@@H](O)[C@H](O)[C@H]6O)[C@@](C)(CO)C5CC[C@]43C)[C@@H]2C1. The number of allylic oxidation sites excluding steroid dienone is 3. The number of esters is 1. The summed E-state index contributed by atoms with van der Waals surface area (Å²) in [6.45, 7) is 12.4. The molecule has 5 aliphatic carbocycles. The Balaban J connectivity index is 1.16. The third-order valence-corrected chi connectivity index (χ3v) is 16.7. The van der Waals surface area contributed by atoms with Gasteiger partial charge in [0, 0.05) is 11.3 Å². The first-order valence-corrected chi connectivity index (χ1v) is 20.3. The molecule has 0 amide bonds. The molecular formula is C41H62O15. The molecular weight excluding hydrogens is 732 g/mol. The molecule has 19 atom stereocenters. The number of ether oxygens (including phenoxy) is 4. The van der Waals surface area contributed by atoms with E-state index < -0.39 is 96.9 Å². The highest BCUT2D eigenvalue weighted by Gasteiger charge is 2.70. The van der Waals surface area contributed by atoms with E-state index in [1.54, 1.807) is 0 Å². The Morgan fingerprint density at radius 1 is 0.821 bits per heavy atom. The number of carboxylic acids is 1. The van der Waals surface area contributed by atoms with Gasteiger partial charge in [-0.1, -0.05) is 51.5 Å². The molecule has 7 rings (SSSR count). The number of rotatable bonds is 7. The minimum absolute atomic E-state index is 0.0347. The van der Waals surface area contributed by atoms with E-state index in [-0.39, 0.29) is 40.6 Å². The zero-order valence-electron chi connectivity index (χ0n) is 32.8. The highest BCUT2D eigenvalue weighted by atomic mass is 16.7. The fourth-order valence-corrected chi connectivity index (χ4v) is 13.1. The molecule has 9 N–H and O–H groups in total. The van der Waals surface area contributed by atoms with Gasteiger partial charge in [0.05, 0.1) is 24.7 Å². The number of aliphatic carboxylic acids is 1. The fourth-order valence-electron chi connectivity index (χ4n) is 13.1. The summed E-state index contributed by atoms with van der Waals surface area (Å²) in [6, 6.07) is 0. The summed E-state index contributed by atoms with van der Waals surface area (Å²) in [5, 5.41) is 93.3. The van der Waals surface area contributed by atoms with Crippen molar-refractivity contribution in [3.05, 3.63) is 23.8 Å². The molecule has 7 aliphatic rings. The second-order valence-corrected chi connectivity index (χ2v) is 19.1. The van der Waals surface area contributed by atoms with Crippen molar-refractivity contribution in [2.75, 3.05) is 13.2 Å². The Labute approximate surface area is 327 Å². The van der Waals surface area contributed by atoms with Crippen molar-refractivity contribution < 1.29 is 74.5 Å². The first-order valence-electron chi connectivity index (χ1n) is 20.3. The number of aliphatic hydroxyl groups is 8. The standard InChI is InChI=1S/C41H62O15/c1-19-8-13-41(36(52)56-34-30(48)27(45)26(44)22(17-42)53-34)15-14-39(4)20(21(41)16-19)6-7-24-37(2)11-10-25(38(3,18-43)23(37)9-12-40(24,39)5)54-35-31(49)28(46)29(47)32(55-35)33(50)51/h6,21-32,34-35,42-49H,1,7-18H2,2-5H3,(H,50,51)/t21-,22+,23?,24?,25-,26+,27-,28-,29-,30+,31+,32-,34-,35+,37-,38-,39+,40+,41-/m0/s1. The van der Waals surface area contributed by atoms with Crippen molar-refractivity contribution in [1.29, 1.82) is 0 Å². The van der Waals surface area contributed by atoms with Gasteiger partial charge in [-0.2, -0.15) is 0 Å². The maximum Gasteiger partial charge on any atom is 0.335 e. The minimum Gasteiger partial charge on any atom is -0.479 e. The van der Waals surface area contributed by atoms with Crippen molar-refractivity contribution >= 4 is 11.9 Å². The van der Waals surface area contributed by atoms with E-state index in [9.17, 15) is 55.5 Å². The third kappa shape index (κ3) is 6.01. The molecule has 15 nitrogen and oxygen atoms in total. The lowest BCUT2D eigenvalue weighted by atomic mass is 9.34. The van der Waals surface area contributed by atoms with Crippen molar-refractivity contribution in [3.8, 4) is 0 Å².